The van der Waals surface area contributed by atoms with E-state index in [1.165, 1.54) is 12.1 Å². The van der Waals surface area contributed by atoms with E-state index in [0.29, 0.717) is 60.9 Å². The van der Waals surface area contributed by atoms with E-state index in [0.717, 1.165) is 5.56 Å². The van der Waals surface area contributed by atoms with Gasteiger partial charge in [-0.2, -0.15) is 0 Å². The molecule has 2 aromatic heterocycles. The normalized spacial score (nSPS) is 14.4. The highest BCUT2D eigenvalue weighted by molar-refractivity contribution is 5.79. The number of hydrogen-bond donors (Lipinski definition) is 1. The van der Waals surface area contributed by atoms with Crippen LogP contribution >= 0.6 is 0 Å². The molecular formula is C29H31FN6O3. The molecule has 0 spiro atoms. The number of benzene rings is 2. The molecule has 4 aromatic rings. The molecule has 3 heterocycles. The second-order valence-electron chi connectivity index (χ2n) is 9.89. The largest absolute Gasteiger partial charge is 0.480 e. The van der Waals surface area contributed by atoms with E-state index in [-0.39, 0.29) is 24.0 Å². The zero-order chi connectivity index (χ0) is 27.5. The summed E-state index contributed by atoms with van der Waals surface area (Å²) in [6.45, 7) is 1.76. The van der Waals surface area contributed by atoms with Crippen LogP contribution in [0.15, 0.2) is 71.7 Å². The lowest BCUT2D eigenvalue weighted by atomic mass is 10.0. The minimum atomic E-state index is -0.859. The van der Waals surface area contributed by atoms with Crippen molar-refractivity contribution < 1.29 is 14.3 Å². The van der Waals surface area contributed by atoms with Gasteiger partial charge in [-0.05, 0) is 42.2 Å². The lowest BCUT2D eigenvalue weighted by molar-refractivity contribution is -0.138. The number of carbonyl (C=O) groups is 1. The van der Waals surface area contributed by atoms with Crippen molar-refractivity contribution in [2.24, 2.45) is 7.05 Å². The molecule has 9 nitrogen and oxygen atoms in total. The Morgan fingerprint density at radius 1 is 1.08 bits per heavy atom. The smallest absolute Gasteiger partial charge is 0.317 e. The molecule has 0 amide bonds. The summed E-state index contributed by atoms with van der Waals surface area (Å²) in [7, 11) is 3.75. The molecule has 0 saturated carbocycles. The molecule has 202 valence electrons. The fourth-order valence-corrected chi connectivity index (χ4v) is 5.31. The predicted molar refractivity (Wildman–Crippen MR) is 147 cm³/mol. The standard InChI is InChI=1S/C29H31FN6O3/c1-33(18-20-6-4-3-5-7-20)29-31-15-12-24(32-29)27-26(21-8-10-22(30)11-9-21)28(39)36(34(27)2)23-13-16-35(17-14-23)19-25(37)38/h3-12,15,23H,13-14,16-19H2,1-2H3,(H,37,38). The molecule has 39 heavy (non-hydrogen) atoms. The maximum atomic E-state index is 14.0. The number of aliphatic carboxylic acids is 1. The monoisotopic (exact) mass is 530 g/mol. The van der Waals surface area contributed by atoms with Crippen LogP contribution in [0.2, 0.25) is 0 Å². The number of rotatable bonds is 8. The molecule has 1 N–H and O–H groups in total. The maximum absolute atomic E-state index is 14.0. The average Bonchev–Trinajstić information content (AvgIpc) is 3.19. The minimum absolute atomic E-state index is 0.0129. The van der Waals surface area contributed by atoms with Crippen LogP contribution in [-0.2, 0) is 18.4 Å². The van der Waals surface area contributed by atoms with Gasteiger partial charge in [-0.25, -0.2) is 19.0 Å². The third kappa shape index (κ3) is 5.61. The summed E-state index contributed by atoms with van der Waals surface area (Å²) in [6.07, 6.45) is 2.96. The second-order valence-corrected chi connectivity index (χ2v) is 9.89. The van der Waals surface area contributed by atoms with Gasteiger partial charge in [-0.1, -0.05) is 42.5 Å². The number of nitrogens with zero attached hydrogens (tertiary/aromatic N) is 6. The van der Waals surface area contributed by atoms with E-state index < -0.39 is 5.97 Å². The van der Waals surface area contributed by atoms with Crippen LogP contribution in [0.25, 0.3) is 22.5 Å². The van der Waals surface area contributed by atoms with Crippen molar-refractivity contribution in [1.82, 2.24) is 24.2 Å². The number of piperidine rings is 1. The van der Waals surface area contributed by atoms with Crippen molar-refractivity contribution in [2.75, 3.05) is 31.6 Å². The number of hydrogen-bond acceptors (Lipinski definition) is 6. The van der Waals surface area contributed by atoms with Crippen LogP contribution in [0.3, 0.4) is 0 Å². The fourth-order valence-electron chi connectivity index (χ4n) is 5.31. The highest BCUT2D eigenvalue weighted by Crippen LogP contribution is 2.32. The summed E-state index contributed by atoms with van der Waals surface area (Å²) in [5.74, 6) is -0.722. The van der Waals surface area contributed by atoms with Crippen LogP contribution in [0.5, 0.6) is 0 Å². The zero-order valence-corrected chi connectivity index (χ0v) is 22.0. The van der Waals surface area contributed by atoms with Crippen molar-refractivity contribution in [1.29, 1.82) is 0 Å². The first-order valence-electron chi connectivity index (χ1n) is 12.9. The molecule has 0 radical (unpaired) electrons. The molecule has 0 atom stereocenters. The number of halogens is 1. The second kappa shape index (κ2) is 11.2. The van der Waals surface area contributed by atoms with E-state index in [1.54, 1.807) is 29.1 Å². The number of likely N-dealkylation sites (tertiary alicyclic amines) is 1. The average molecular weight is 531 g/mol. The third-order valence-electron chi connectivity index (χ3n) is 7.19. The molecule has 0 bridgehead atoms. The number of carboxylic acids is 1. The van der Waals surface area contributed by atoms with E-state index in [4.69, 9.17) is 10.1 Å². The van der Waals surface area contributed by atoms with Gasteiger partial charge in [0.05, 0.1) is 29.5 Å². The van der Waals surface area contributed by atoms with Gasteiger partial charge in [0.15, 0.2) is 0 Å². The molecule has 5 rings (SSSR count). The topological polar surface area (TPSA) is 96.5 Å². The lowest BCUT2D eigenvalue weighted by Crippen LogP contribution is -2.40. The van der Waals surface area contributed by atoms with Crippen molar-refractivity contribution in [3.05, 3.63) is 88.6 Å². The molecule has 0 aliphatic carbocycles. The Hall–Kier alpha value is -4.31. The van der Waals surface area contributed by atoms with Crippen molar-refractivity contribution in [3.8, 4) is 22.5 Å². The number of anilines is 1. The maximum Gasteiger partial charge on any atom is 0.317 e. The predicted octanol–water partition coefficient (Wildman–Crippen LogP) is 3.81. The molecule has 2 aromatic carbocycles. The van der Waals surface area contributed by atoms with Gasteiger partial charge < -0.3 is 10.0 Å². The van der Waals surface area contributed by atoms with Crippen molar-refractivity contribution in [2.45, 2.75) is 25.4 Å². The van der Waals surface area contributed by atoms with Gasteiger partial charge in [-0.3, -0.25) is 19.2 Å². The van der Waals surface area contributed by atoms with Gasteiger partial charge in [-0.15, -0.1) is 0 Å². The fraction of sp³-hybridized carbons (Fsp3) is 0.310. The van der Waals surface area contributed by atoms with Crippen LogP contribution in [-0.4, -0.2) is 62.0 Å². The quantitative estimate of drug-likeness (QED) is 0.370. The number of aromatic nitrogens is 4. The van der Waals surface area contributed by atoms with Gasteiger partial charge in [0.1, 0.15) is 5.82 Å². The zero-order valence-electron chi connectivity index (χ0n) is 22.0. The Bertz CT molecular complexity index is 1510. The van der Waals surface area contributed by atoms with Crippen LogP contribution < -0.4 is 10.5 Å². The Morgan fingerprint density at radius 2 is 1.77 bits per heavy atom. The molecular weight excluding hydrogens is 499 g/mol. The highest BCUT2D eigenvalue weighted by Gasteiger charge is 2.29. The van der Waals surface area contributed by atoms with Crippen LogP contribution in [0.4, 0.5) is 10.3 Å². The minimum Gasteiger partial charge on any atom is -0.480 e. The van der Waals surface area contributed by atoms with Crippen molar-refractivity contribution in [3.63, 3.8) is 0 Å². The Labute approximate surface area is 225 Å². The summed E-state index contributed by atoms with van der Waals surface area (Å²) < 4.78 is 17.4. The van der Waals surface area contributed by atoms with Crippen LogP contribution in [0, 0.1) is 5.82 Å². The van der Waals surface area contributed by atoms with E-state index >= 15 is 0 Å². The molecule has 1 fully saturated rings. The van der Waals surface area contributed by atoms with E-state index in [2.05, 4.69) is 4.98 Å². The lowest BCUT2D eigenvalue weighted by Gasteiger charge is -2.32. The molecule has 1 saturated heterocycles. The Kier molecular flexibility index (Phi) is 7.56. The highest BCUT2D eigenvalue weighted by atomic mass is 19.1. The molecule has 1 aliphatic heterocycles. The van der Waals surface area contributed by atoms with Gasteiger partial charge in [0.25, 0.3) is 5.56 Å². The van der Waals surface area contributed by atoms with E-state index in [1.807, 2.05) is 58.9 Å². The first-order chi connectivity index (χ1) is 18.8. The van der Waals surface area contributed by atoms with Gasteiger partial charge >= 0.3 is 5.97 Å². The molecule has 1 aliphatic rings. The van der Waals surface area contributed by atoms with Crippen LogP contribution in [0.1, 0.15) is 24.4 Å². The molecule has 10 heteroatoms. The number of carboxylic acid groups (broad SMARTS) is 1. The molecule has 0 unspecified atom stereocenters. The Balaban J connectivity index is 1.55. The van der Waals surface area contributed by atoms with E-state index in [9.17, 15) is 14.0 Å². The third-order valence-corrected chi connectivity index (χ3v) is 7.19. The Morgan fingerprint density at radius 3 is 2.44 bits per heavy atom. The first kappa shape index (κ1) is 26.3. The van der Waals surface area contributed by atoms with Gasteiger partial charge in [0, 0.05) is 39.9 Å². The summed E-state index contributed by atoms with van der Waals surface area (Å²) in [5, 5.41) is 9.15. The first-order valence-corrected chi connectivity index (χ1v) is 12.9. The summed E-state index contributed by atoms with van der Waals surface area (Å²) in [4.78, 5) is 38.3. The van der Waals surface area contributed by atoms with Gasteiger partial charge in [0.2, 0.25) is 5.95 Å². The SMILES string of the molecule is CN(Cc1ccccc1)c1nccc(-c2c(-c3ccc(F)cc3)c(=O)n(C3CCN(CC(=O)O)CC3)n2C)n1. The summed E-state index contributed by atoms with van der Waals surface area (Å²) in [6, 6.07) is 17.6. The summed E-state index contributed by atoms with van der Waals surface area (Å²) >= 11 is 0. The summed E-state index contributed by atoms with van der Waals surface area (Å²) in [5.41, 5.74) is 3.19. The van der Waals surface area contributed by atoms with Crippen molar-refractivity contribution >= 4 is 11.9 Å².